The number of rotatable bonds is 9. The Kier molecular flexibility index (Phi) is 8.59. The monoisotopic (exact) mass is 475 g/mol. The smallest absolute Gasteiger partial charge is 0.550 e. The summed E-state index contributed by atoms with van der Waals surface area (Å²) < 4.78 is 13.2. The number of aliphatic carboxylic acids is 1. The van der Waals surface area contributed by atoms with E-state index in [1.165, 1.54) is 0 Å². The van der Waals surface area contributed by atoms with Crippen LogP contribution in [-0.4, -0.2) is 26.8 Å². The average molecular weight is 476 g/mol. The van der Waals surface area contributed by atoms with Crippen molar-refractivity contribution in [1.29, 1.82) is 0 Å². The van der Waals surface area contributed by atoms with Crippen LogP contribution in [0.4, 0.5) is 0 Å². The molecule has 0 aliphatic heterocycles. The predicted octanol–water partition coefficient (Wildman–Crippen LogP) is 1.72. The minimum absolute atomic E-state index is 0. The van der Waals surface area contributed by atoms with Crippen LogP contribution in [0.5, 0.6) is 5.75 Å². The molecule has 4 aromatic rings. The summed E-state index contributed by atoms with van der Waals surface area (Å²) >= 11 is 6.33. The standard InChI is InChI=1S/C24H24ClN3O4.Na/c1-15(2)31-21-9-7-18(14-19(21)25)24-26-23(27-32-24)17-6-8-20-16(13-17)10-12-28(20)11-4-3-5-22(29)30;/h6-10,12-15H,3-5,11H2,1-2H3,(H,29,30);/q;+1/p-1. The number of carbonyl (C=O) groups excluding carboxylic acids is 1. The Morgan fingerprint density at radius 1 is 1.15 bits per heavy atom. The van der Waals surface area contributed by atoms with Gasteiger partial charge in [-0.3, -0.25) is 0 Å². The van der Waals surface area contributed by atoms with Crippen LogP contribution in [0, 0.1) is 0 Å². The van der Waals surface area contributed by atoms with Crippen molar-refractivity contribution in [3.63, 3.8) is 0 Å². The van der Waals surface area contributed by atoms with Gasteiger partial charge in [-0.15, -0.1) is 0 Å². The molecular formula is C24H23ClN3NaO4. The molecular weight excluding hydrogens is 453 g/mol. The van der Waals surface area contributed by atoms with E-state index >= 15 is 0 Å². The molecule has 4 rings (SSSR count). The van der Waals surface area contributed by atoms with Gasteiger partial charge in [-0.2, -0.15) is 4.98 Å². The molecule has 0 saturated carbocycles. The third kappa shape index (κ3) is 6.18. The molecule has 0 aliphatic rings. The van der Waals surface area contributed by atoms with Gasteiger partial charge in [-0.25, -0.2) is 0 Å². The van der Waals surface area contributed by atoms with E-state index < -0.39 is 5.97 Å². The summed E-state index contributed by atoms with van der Waals surface area (Å²) in [6, 6.07) is 13.4. The number of carboxylic acids is 1. The Balaban J connectivity index is 0.00000306. The molecule has 0 bridgehead atoms. The first-order valence-corrected chi connectivity index (χ1v) is 10.9. The SMILES string of the molecule is CC(C)Oc1ccc(-c2nc(-c3ccc4c(ccn4CCCCC(=O)[O-])c3)no2)cc1Cl.[Na+]. The van der Waals surface area contributed by atoms with Gasteiger partial charge in [0.25, 0.3) is 5.89 Å². The van der Waals surface area contributed by atoms with Crippen molar-refractivity contribution in [2.75, 3.05) is 0 Å². The molecule has 7 nitrogen and oxygen atoms in total. The summed E-state index contributed by atoms with van der Waals surface area (Å²) in [6.45, 7) is 4.63. The maximum atomic E-state index is 10.6. The number of benzene rings is 2. The average Bonchev–Trinajstić information content (AvgIpc) is 3.39. The van der Waals surface area contributed by atoms with Gasteiger partial charge in [0.15, 0.2) is 0 Å². The first-order chi connectivity index (χ1) is 15.4. The van der Waals surface area contributed by atoms with E-state index in [0.29, 0.717) is 34.5 Å². The molecule has 2 heterocycles. The van der Waals surface area contributed by atoms with Crippen molar-refractivity contribution in [2.24, 2.45) is 0 Å². The Labute approximate surface area is 219 Å². The zero-order valence-corrected chi connectivity index (χ0v) is 21.6. The summed E-state index contributed by atoms with van der Waals surface area (Å²) in [6.07, 6.45) is 3.48. The van der Waals surface area contributed by atoms with Crippen LogP contribution in [0.2, 0.25) is 5.02 Å². The molecule has 9 heteroatoms. The first-order valence-electron chi connectivity index (χ1n) is 10.5. The fraction of sp³-hybridized carbons (Fsp3) is 0.292. The van der Waals surface area contributed by atoms with Gasteiger partial charge in [0.2, 0.25) is 5.82 Å². The van der Waals surface area contributed by atoms with Crippen LogP contribution < -0.4 is 39.4 Å². The van der Waals surface area contributed by atoms with Crippen molar-refractivity contribution < 1.29 is 48.7 Å². The van der Waals surface area contributed by atoms with Gasteiger partial charge in [0, 0.05) is 40.7 Å². The molecule has 0 fully saturated rings. The number of carboxylic acid groups (broad SMARTS) is 1. The number of fused-ring (bicyclic) bond motifs is 1. The van der Waals surface area contributed by atoms with Crippen molar-refractivity contribution in [2.45, 2.75) is 45.8 Å². The molecule has 0 unspecified atom stereocenters. The number of nitrogens with zero attached hydrogens (tertiary/aromatic N) is 3. The number of ether oxygens (including phenoxy) is 1. The van der Waals surface area contributed by atoms with E-state index in [2.05, 4.69) is 14.7 Å². The normalized spacial score (nSPS) is 11.0. The summed E-state index contributed by atoms with van der Waals surface area (Å²) in [7, 11) is 0. The third-order valence-electron chi connectivity index (χ3n) is 5.03. The minimum Gasteiger partial charge on any atom is -0.550 e. The molecule has 0 atom stereocenters. The Morgan fingerprint density at radius 3 is 2.67 bits per heavy atom. The fourth-order valence-electron chi connectivity index (χ4n) is 3.53. The summed E-state index contributed by atoms with van der Waals surface area (Å²) in [4.78, 5) is 15.1. The second-order valence-corrected chi connectivity index (χ2v) is 8.25. The third-order valence-corrected chi connectivity index (χ3v) is 5.32. The van der Waals surface area contributed by atoms with Crippen LogP contribution >= 0.6 is 11.6 Å². The molecule has 0 radical (unpaired) electrons. The fourth-order valence-corrected chi connectivity index (χ4v) is 3.75. The van der Waals surface area contributed by atoms with E-state index in [-0.39, 0.29) is 42.1 Å². The van der Waals surface area contributed by atoms with Gasteiger partial charge < -0.3 is 23.7 Å². The number of carbonyl (C=O) groups is 1. The number of hydrogen-bond donors (Lipinski definition) is 0. The van der Waals surface area contributed by atoms with E-state index in [1.807, 2.05) is 50.4 Å². The van der Waals surface area contributed by atoms with Crippen LogP contribution in [0.1, 0.15) is 33.1 Å². The van der Waals surface area contributed by atoms with Gasteiger partial charge in [0.05, 0.1) is 11.1 Å². The van der Waals surface area contributed by atoms with Crippen molar-refractivity contribution in [3.05, 3.63) is 53.7 Å². The van der Waals surface area contributed by atoms with Crippen LogP contribution in [0.25, 0.3) is 33.7 Å². The molecule has 2 aromatic carbocycles. The Bertz CT molecular complexity index is 1250. The van der Waals surface area contributed by atoms with Crippen molar-refractivity contribution in [1.82, 2.24) is 14.7 Å². The van der Waals surface area contributed by atoms with Gasteiger partial charge >= 0.3 is 29.6 Å². The van der Waals surface area contributed by atoms with E-state index in [0.717, 1.165) is 29.4 Å². The number of unbranched alkanes of at least 4 members (excludes halogenated alkanes) is 1. The van der Waals surface area contributed by atoms with Crippen molar-refractivity contribution >= 4 is 28.5 Å². The molecule has 166 valence electrons. The van der Waals surface area contributed by atoms with Gasteiger partial charge in [0.1, 0.15) is 5.75 Å². The molecule has 0 N–H and O–H groups in total. The maximum absolute atomic E-state index is 10.6. The largest absolute Gasteiger partial charge is 1.00 e. The zero-order valence-electron chi connectivity index (χ0n) is 18.9. The number of aromatic nitrogens is 3. The Morgan fingerprint density at radius 2 is 1.94 bits per heavy atom. The molecule has 0 aliphatic carbocycles. The predicted molar refractivity (Wildman–Crippen MR) is 120 cm³/mol. The van der Waals surface area contributed by atoms with Crippen LogP contribution in [0.3, 0.4) is 0 Å². The topological polar surface area (TPSA) is 93.2 Å². The zero-order chi connectivity index (χ0) is 22.7. The molecule has 0 amide bonds. The van der Waals surface area contributed by atoms with Gasteiger partial charge in [-0.1, -0.05) is 16.8 Å². The maximum Gasteiger partial charge on any atom is 1.00 e. The van der Waals surface area contributed by atoms with E-state index in [9.17, 15) is 9.90 Å². The van der Waals surface area contributed by atoms with Gasteiger partial charge in [-0.05, 0) is 75.6 Å². The molecule has 33 heavy (non-hydrogen) atoms. The quantitative estimate of drug-likeness (QED) is 0.270. The summed E-state index contributed by atoms with van der Waals surface area (Å²) in [5.74, 6) is 0.471. The summed E-state index contributed by atoms with van der Waals surface area (Å²) in [5, 5.41) is 16.2. The first kappa shape index (κ1) is 25.3. The molecule has 2 aromatic heterocycles. The van der Waals surface area contributed by atoms with Crippen LogP contribution in [-0.2, 0) is 11.3 Å². The number of halogens is 1. The second-order valence-electron chi connectivity index (χ2n) is 7.85. The Hall–Kier alpha value is -2.32. The molecule has 0 spiro atoms. The van der Waals surface area contributed by atoms with E-state index in [1.54, 1.807) is 12.1 Å². The summed E-state index contributed by atoms with van der Waals surface area (Å²) in [5.41, 5.74) is 2.63. The van der Waals surface area contributed by atoms with Crippen LogP contribution in [0.15, 0.2) is 53.2 Å². The number of aryl methyl sites for hydroxylation is 1. The number of hydrogen-bond acceptors (Lipinski definition) is 6. The second kappa shape index (κ2) is 11.2. The van der Waals surface area contributed by atoms with E-state index in [4.69, 9.17) is 20.9 Å². The minimum atomic E-state index is -1.01. The molecule has 0 saturated heterocycles. The van der Waals surface area contributed by atoms with Crippen molar-refractivity contribution in [3.8, 4) is 28.6 Å².